The van der Waals surface area contributed by atoms with Gasteiger partial charge in [0.25, 0.3) is 0 Å². The molecule has 0 bridgehead atoms. The number of guanidine groups is 1. The van der Waals surface area contributed by atoms with E-state index in [4.69, 9.17) is 16.1 Å². The second-order valence-electron chi connectivity index (χ2n) is 7.10. The van der Waals surface area contributed by atoms with E-state index in [1.165, 1.54) is 0 Å². The van der Waals surface area contributed by atoms with Gasteiger partial charge in [-0.25, -0.2) is 4.98 Å². The summed E-state index contributed by atoms with van der Waals surface area (Å²) in [7, 11) is 0. The van der Waals surface area contributed by atoms with Crippen LogP contribution < -0.4 is 15.5 Å². The maximum absolute atomic E-state index is 6.27. The lowest BCUT2D eigenvalue weighted by Gasteiger charge is -2.20. The number of halogens is 2. The fraction of sp³-hybridized carbons (Fsp3) is 0.579. The normalized spacial score (nSPS) is 16.8. The lowest BCUT2D eigenvalue weighted by Crippen LogP contribution is -2.44. The zero-order valence-electron chi connectivity index (χ0n) is 17.1. The molecule has 0 spiro atoms. The summed E-state index contributed by atoms with van der Waals surface area (Å²) in [4.78, 5) is 15.7. The molecule has 0 aliphatic carbocycles. The van der Waals surface area contributed by atoms with Crippen LogP contribution in [0, 0.1) is 0 Å². The van der Waals surface area contributed by atoms with Crippen molar-refractivity contribution >= 4 is 47.4 Å². The van der Waals surface area contributed by atoms with Crippen molar-refractivity contribution in [3.63, 3.8) is 0 Å². The number of hydrogen-bond donors (Lipinski definition) is 2. The maximum Gasteiger partial charge on any atom is 0.228 e. The van der Waals surface area contributed by atoms with Gasteiger partial charge in [-0.1, -0.05) is 30.6 Å². The van der Waals surface area contributed by atoms with E-state index in [9.17, 15) is 0 Å². The molecule has 1 unspecified atom stereocenters. The Bertz CT molecular complexity index is 798. The number of aromatic nitrogens is 3. The molecule has 8 nitrogen and oxygen atoms in total. The number of nitrogens with one attached hydrogen (secondary N) is 2. The first-order valence-corrected chi connectivity index (χ1v) is 10.2. The summed E-state index contributed by atoms with van der Waals surface area (Å²) in [6.07, 6.45) is 3.39. The van der Waals surface area contributed by atoms with Gasteiger partial charge in [-0.15, -0.1) is 24.0 Å². The fourth-order valence-corrected chi connectivity index (χ4v) is 3.30. The Labute approximate surface area is 193 Å². The highest BCUT2D eigenvalue weighted by molar-refractivity contribution is 14.0. The molecule has 0 saturated carbocycles. The van der Waals surface area contributed by atoms with Gasteiger partial charge in [-0.2, -0.15) is 4.98 Å². The molecule has 1 fully saturated rings. The monoisotopic (exact) mass is 533 g/mol. The minimum Gasteiger partial charge on any atom is -0.357 e. The minimum atomic E-state index is 0. The standard InChI is InChI=1S/C19H28ClN7O.HI/c1-4-21-19(23-10-7-16-25-17(13(2)3)26-28-16)24-14-8-11-27(12-14)18-15(20)6-5-9-22-18;/h5-6,9,13-14H,4,7-8,10-12H2,1-3H3,(H2,21,23,24);1H. The van der Waals surface area contributed by atoms with E-state index in [0.29, 0.717) is 23.9 Å². The molecule has 160 valence electrons. The van der Waals surface area contributed by atoms with Crippen LogP contribution in [0.1, 0.15) is 44.8 Å². The highest BCUT2D eigenvalue weighted by Gasteiger charge is 2.25. The number of hydrogen-bond acceptors (Lipinski definition) is 6. The Morgan fingerprint density at radius 2 is 2.28 bits per heavy atom. The summed E-state index contributed by atoms with van der Waals surface area (Å²) in [5.41, 5.74) is 0. The van der Waals surface area contributed by atoms with E-state index >= 15 is 0 Å². The maximum atomic E-state index is 6.27. The van der Waals surface area contributed by atoms with Gasteiger partial charge in [-0.3, -0.25) is 4.99 Å². The number of anilines is 1. The van der Waals surface area contributed by atoms with E-state index in [2.05, 4.69) is 42.6 Å². The average Bonchev–Trinajstić information content (AvgIpc) is 3.32. The van der Waals surface area contributed by atoms with Gasteiger partial charge in [0.15, 0.2) is 11.8 Å². The number of aliphatic imine (C=N–C) groups is 1. The van der Waals surface area contributed by atoms with Crippen LogP contribution in [0.15, 0.2) is 27.8 Å². The highest BCUT2D eigenvalue weighted by Crippen LogP contribution is 2.25. The molecule has 2 aromatic rings. The zero-order chi connectivity index (χ0) is 19.9. The van der Waals surface area contributed by atoms with Crippen molar-refractivity contribution in [2.75, 3.05) is 31.1 Å². The molecule has 1 aliphatic rings. The average molecular weight is 534 g/mol. The Balaban J connectivity index is 0.00000300. The molecular weight excluding hydrogens is 505 g/mol. The molecule has 3 rings (SSSR count). The molecule has 0 radical (unpaired) electrons. The second kappa shape index (κ2) is 11.5. The van der Waals surface area contributed by atoms with E-state index < -0.39 is 0 Å². The second-order valence-corrected chi connectivity index (χ2v) is 7.50. The molecule has 2 aromatic heterocycles. The summed E-state index contributed by atoms with van der Waals surface area (Å²) in [6, 6.07) is 4.01. The molecule has 1 saturated heterocycles. The predicted molar refractivity (Wildman–Crippen MR) is 126 cm³/mol. The van der Waals surface area contributed by atoms with Gasteiger partial charge in [0.05, 0.1) is 11.6 Å². The summed E-state index contributed by atoms with van der Waals surface area (Å²) >= 11 is 6.27. The van der Waals surface area contributed by atoms with Crippen molar-refractivity contribution in [1.82, 2.24) is 25.8 Å². The molecule has 2 N–H and O–H groups in total. The molecule has 0 aromatic carbocycles. The first-order valence-electron chi connectivity index (χ1n) is 9.79. The molecular formula is C19H29ClIN7O. The van der Waals surface area contributed by atoms with Crippen LogP contribution in [-0.2, 0) is 6.42 Å². The Morgan fingerprint density at radius 1 is 1.45 bits per heavy atom. The van der Waals surface area contributed by atoms with Gasteiger partial charge >= 0.3 is 0 Å². The van der Waals surface area contributed by atoms with Crippen LogP contribution in [0.4, 0.5) is 5.82 Å². The first-order chi connectivity index (χ1) is 13.6. The molecule has 1 atom stereocenters. The smallest absolute Gasteiger partial charge is 0.228 e. The van der Waals surface area contributed by atoms with Gasteiger partial charge in [-0.05, 0) is 25.5 Å². The van der Waals surface area contributed by atoms with Crippen molar-refractivity contribution in [3.8, 4) is 0 Å². The largest absolute Gasteiger partial charge is 0.357 e. The number of pyridine rings is 1. The van der Waals surface area contributed by atoms with Crippen molar-refractivity contribution in [2.24, 2.45) is 4.99 Å². The van der Waals surface area contributed by atoms with Crippen LogP contribution >= 0.6 is 35.6 Å². The van der Waals surface area contributed by atoms with Crippen LogP contribution in [-0.4, -0.2) is 53.3 Å². The molecule has 1 aliphatic heterocycles. The molecule has 10 heteroatoms. The lowest BCUT2D eigenvalue weighted by atomic mass is 10.2. The van der Waals surface area contributed by atoms with Crippen LogP contribution in [0.25, 0.3) is 0 Å². The third kappa shape index (κ3) is 6.70. The van der Waals surface area contributed by atoms with Crippen molar-refractivity contribution in [2.45, 2.75) is 45.6 Å². The minimum absolute atomic E-state index is 0. The Kier molecular flexibility index (Phi) is 9.41. The summed E-state index contributed by atoms with van der Waals surface area (Å²) in [5.74, 6) is 3.26. The van der Waals surface area contributed by atoms with Gasteiger partial charge in [0.1, 0.15) is 5.82 Å². The van der Waals surface area contributed by atoms with Gasteiger partial charge in [0, 0.05) is 44.2 Å². The topological polar surface area (TPSA) is 91.5 Å². The van der Waals surface area contributed by atoms with E-state index in [1.807, 2.05) is 26.0 Å². The third-order valence-electron chi connectivity index (χ3n) is 4.51. The van der Waals surface area contributed by atoms with Crippen LogP contribution in [0.3, 0.4) is 0 Å². The van der Waals surface area contributed by atoms with E-state index in [1.54, 1.807) is 6.20 Å². The van der Waals surface area contributed by atoms with Crippen LogP contribution in [0.5, 0.6) is 0 Å². The van der Waals surface area contributed by atoms with Gasteiger partial charge in [0.2, 0.25) is 5.89 Å². The fourth-order valence-electron chi connectivity index (χ4n) is 3.06. The summed E-state index contributed by atoms with van der Waals surface area (Å²) < 4.78 is 5.28. The summed E-state index contributed by atoms with van der Waals surface area (Å²) in [6.45, 7) is 9.27. The first kappa shape index (κ1) is 23.7. The van der Waals surface area contributed by atoms with Gasteiger partial charge < -0.3 is 20.1 Å². The predicted octanol–water partition coefficient (Wildman–Crippen LogP) is 3.24. The Morgan fingerprint density at radius 3 is 2.97 bits per heavy atom. The SMILES string of the molecule is CCNC(=NCCc1nc(C(C)C)no1)NC1CCN(c2ncccc2Cl)C1.I. The summed E-state index contributed by atoms with van der Waals surface area (Å²) in [5, 5.41) is 11.5. The van der Waals surface area contributed by atoms with E-state index in [0.717, 1.165) is 43.7 Å². The van der Waals surface area contributed by atoms with Crippen LogP contribution in [0.2, 0.25) is 5.02 Å². The number of nitrogens with zero attached hydrogens (tertiary/aromatic N) is 5. The van der Waals surface area contributed by atoms with Crippen molar-refractivity contribution < 1.29 is 4.52 Å². The quantitative estimate of drug-likeness (QED) is 0.321. The van der Waals surface area contributed by atoms with Crippen molar-refractivity contribution in [3.05, 3.63) is 35.1 Å². The molecule has 29 heavy (non-hydrogen) atoms. The highest BCUT2D eigenvalue weighted by atomic mass is 127. The Hall–Kier alpha value is -1.62. The number of rotatable bonds is 7. The van der Waals surface area contributed by atoms with Crippen molar-refractivity contribution in [1.29, 1.82) is 0 Å². The van der Waals surface area contributed by atoms with E-state index in [-0.39, 0.29) is 35.9 Å². The third-order valence-corrected chi connectivity index (χ3v) is 4.80. The lowest BCUT2D eigenvalue weighted by molar-refractivity contribution is 0.372. The molecule has 3 heterocycles. The zero-order valence-corrected chi connectivity index (χ0v) is 20.1. The molecule has 0 amide bonds.